The first-order valence-corrected chi connectivity index (χ1v) is 12.4. The van der Waals surface area contributed by atoms with Gasteiger partial charge in [-0.2, -0.15) is 0 Å². The van der Waals surface area contributed by atoms with Crippen molar-refractivity contribution >= 4 is 5.97 Å². The average Bonchev–Trinajstić information content (AvgIpc) is 2.94. The van der Waals surface area contributed by atoms with Gasteiger partial charge in [-0.15, -0.1) is 0 Å². The average molecular weight is 389 g/mol. The summed E-state index contributed by atoms with van der Waals surface area (Å²) in [5.74, 6) is 4.59. The number of fused-ring (bicyclic) bond motifs is 5. The van der Waals surface area contributed by atoms with E-state index >= 15 is 0 Å². The first-order valence-electron chi connectivity index (χ1n) is 12.4. The van der Waals surface area contributed by atoms with Gasteiger partial charge < -0.3 is 4.74 Å². The van der Waals surface area contributed by atoms with Crippen LogP contribution in [0.4, 0.5) is 0 Å². The normalized spacial score (nSPS) is 45.7. The molecule has 0 N–H and O–H groups in total. The Morgan fingerprint density at radius 1 is 0.893 bits per heavy atom. The Labute approximate surface area is 173 Å². The highest BCUT2D eigenvalue weighted by molar-refractivity contribution is 5.69. The minimum absolute atomic E-state index is 0.00320. The van der Waals surface area contributed by atoms with Gasteiger partial charge in [-0.3, -0.25) is 4.79 Å². The maximum atomic E-state index is 12.3. The molecule has 0 bridgehead atoms. The van der Waals surface area contributed by atoms with Crippen molar-refractivity contribution in [1.82, 2.24) is 0 Å². The van der Waals surface area contributed by atoms with Crippen LogP contribution in [-0.2, 0) is 9.53 Å². The number of hydrogen-bond donors (Lipinski definition) is 0. The summed E-state index contributed by atoms with van der Waals surface area (Å²) in [7, 11) is 0. The van der Waals surface area contributed by atoms with Gasteiger partial charge in [-0.25, -0.2) is 0 Å². The van der Waals surface area contributed by atoms with Crippen molar-refractivity contribution in [2.75, 3.05) is 0 Å². The Bertz CT molecular complexity index is 590. The van der Waals surface area contributed by atoms with Crippen molar-refractivity contribution in [2.45, 2.75) is 117 Å². The minimum Gasteiger partial charge on any atom is -0.460 e. The summed E-state index contributed by atoms with van der Waals surface area (Å²) in [5.41, 5.74) is 0.753. The van der Waals surface area contributed by atoms with Crippen LogP contribution in [0.3, 0.4) is 0 Å². The third-order valence-corrected chi connectivity index (χ3v) is 9.90. The molecule has 0 aromatic carbocycles. The van der Waals surface area contributed by atoms with Crippen LogP contribution >= 0.6 is 0 Å². The molecule has 0 radical (unpaired) electrons. The van der Waals surface area contributed by atoms with Crippen molar-refractivity contribution < 1.29 is 9.53 Å². The van der Waals surface area contributed by atoms with E-state index in [1.807, 2.05) is 20.8 Å². The third kappa shape index (κ3) is 3.56. The van der Waals surface area contributed by atoms with E-state index < -0.39 is 0 Å². The van der Waals surface area contributed by atoms with Crippen LogP contribution in [0.15, 0.2) is 0 Å². The molecule has 0 saturated heterocycles. The van der Waals surface area contributed by atoms with Gasteiger partial charge >= 0.3 is 5.97 Å². The molecule has 7 atom stereocenters. The van der Waals surface area contributed by atoms with Crippen LogP contribution < -0.4 is 0 Å². The van der Waals surface area contributed by atoms with Crippen molar-refractivity contribution in [3.63, 3.8) is 0 Å². The number of carbonyl (C=O) groups excluding carboxylic acids is 1. The predicted octanol–water partition coefficient (Wildman–Crippen LogP) is 7.16. The van der Waals surface area contributed by atoms with Crippen molar-refractivity contribution in [3.8, 4) is 0 Å². The molecule has 2 heteroatoms. The molecule has 0 heterocycles. The fourth-order valence-electron chi connectivity index (χ4n) is 8.56. The van der Waals surface area contributed by atoms with E-state index in [0.29, 0.717) is 17.3 Å². The summed E-state index contributed by atoms with van der Waals surface area (Å²) in [5, 5.41) is 0. The highest BCUT2D eigenvalue weighted by Crippen LogP contribution is 2.67. The van der Waals surface area contributed by atoms with Crippen LogP contribution in [0, 0.1) is 40.4 Å². The lowest BCUT2D eigenvalue weighted by Gasteiger charge is -2.60. The van der Waals surface area contributed by atoms with E-state index in [4.69, 9.17) is 4.74 Å². The highest BCUT2D eigenvalue weighted by Gasteiger charge is 2.59. The standard InChI is InChI=1S/C26H44O2/c1-24(2,3)28-23(27)14-11-19-10-13-21-20-12-9-18-8-6-7-16-25(18,4)22(20)15-17-26(19,21)5/h18-22H,6-17H2,1-5H3/t18?,19?,20?,21?,22?,25-,26+/m0/s1. The summed E-state index contributed by atoms with van der Waals surface area (Å²) in [6.45, 7) is 11.2. The number of esters is 1. The molecule has 4 fully saturated rings. The van der Waals surface area contributed by atoms with E-state index in [1.165, 1.54) is 64.2 Å². The topological polar surface area (TPSA) is 26.3 Å². The predicted molar refractivity (Wildman–Crippen MR) is 115 cm³/mol. The second-order valence-electron chi connectivity index (χ2n) is 12.3. The monoisotopic (exact) mass is 388 g/mol. The third-order valence-electron chi connectivity index (χ3n) is 9.90. The highest BCUT2D eigenvalue weighted by atomic mass is 16.6. The van der Waals surface area contributed by atoms with Crippen LogP contribution in [0.25, 0.3) is 0 Å². The van der Waals surface area contributed by atoms with Crippen LogP contribution in [0.1, 0.15) is 112 Å². The zero-order valence-electron chi connectivity index (χ0n) is 19.2. The fraction of sp³-hybridized carbons (Fsp3) is 0.962. The molecule has 5 unspecified atom stereocenters. The van der Waals surface area contributed by atoms with Gasteiger partial charge in [0, 0.05) is 6.42 Å². The van der Waals surface area contributed by atoms with Gasteiger partial charge in [0.05, 0.1) is 0 Å². The Morgan fingerprint density at radius 3 is 2.39 bits per heavy atom. The molecule has 4 aliphatic rings. The number of hydrogen-bond acceptors (Lipinski definition) is 2. The van der Waals surface area contributed by atoms with Gasteiger partial charge in [-0.05, 0) is 119 Å². The second-order valence-corrected chi connectivity index (χ2v) is 12.3. The van der Waals surface area contributed by atoms with Gasteiger partial charge in [-0.1, -0.05) is 26.7 Å². The molecule has 0 aliphatic heterocycles. The summed E-state index contributed by atoms with van der Waals surface area (Å²) < 4.78 is 5.59. The zero-order chi connectivity index (χ0) is 20.2. The molecule has 4 saturated carbocycles. The molecular weight excluding hydrogens is 344 g/mol. The molecule has 0 amide bonds. The van der Waals surface area contributed by atoms with E-state index in [2.05, 4.69) is 13.8 Å². The van der Waals surface area contributed by atoms with E-state index in [0.717, 1.165) is 36.0 Å². The number of carbonyl (C=O) groups is 1. The molecule has 160 valence electrons. The maximum absolute atomic E-state index is 12.3. The lowest BCUT2D eigenvalue weighted by Crippen LogP contribution is -2.52. The zero-order valence-corrected chi connectivity index (χ0v) is 19.2. The molecule has 28 heavy (non-hydrogen) atoms. The van der Waals surface area contributed by atoms with Crippen LogP contribution in [0.2, 0.25) is 0 Å². The van der Waals surface area contributed by atoms with Crippen LogP contribution in [-0.4, -0.2) is 11.6 Å². The minimum atomic E-state index is -0.356. The van der Waals surface area contributed by atoms with Gasteiger partial charge in [0.1, 0.15) is 5.60 Å². The molecule has 0 spiro atoms. The fourth-order valence-corrected chi connectivity index (χ4v) is 8.56. The Hall–Kier alpha value is -0.530. The first-order chi connectivity index (χ1) is 13.1. The van der Waals surface area contributed by atoms with Gasteiger partial charge in [0.2, 0.25) is 0 Å². The van der Waals surface area contributed by atoms with E-state index in [9.17, 15) is 4.79 Å². The number of rotatable bonds is 3. The van der Waals surface area contributed by atoms with E-state index in [1.54, 1.807) is 0 Å². The summed E-state index contributed by atoms with van der Waals surface area (Å²) >= 11 is 0. The first kappa shape index (κ1) is 20.7. The van der Waals surface area contributed by atoms with Crippen molar-refractivity contribution in [3.05, 3.63) is 0 Å². The molecular formula is C26H44O2. The van der Waals surface area contributed by atoms with Gasteiger partial charge in [0.25, 0.3) is 0 Å². The quantitative estimate of drug-likeness (QED) is 0.479. The van der Waals surface area contributed by atoms with Crippen LogP contribution in [0.5, 0.6) is 0 Å². The lowest BCUT2D eigenvalue weighted by atomic mass is 9.45. The molecule has 0 aromatic rings. The molecule has 0 aromatic heterocycles. The Balaban J connectivity index is 1.43. The maximum Gasteiger partial charge on any atom is 0.306 e. The smallest absolute Gasteiger partial charge is 0.306 e. The summed E-state index contributed by atoms with van der Waals surface area (Å²) in [6.07, 6.45) is 16.2. The molecule has 4 aliphatic carbocycles. The largest absolute Gasteiger partial charge is 0.460 e. The van der Waals surface area contributed by atoms with Gasteiger partial charge in [0.15, 0.2) is 0 Å². The summed E-state index contributed by atoms with van der Waals surface area (Å²) in [4.78, 5) is 12.3. The molecule has 4 rings (SSSR count). The SMILES string of the molecule is CC(C)(C)OC(=O)CCC1CCC2C3CCC4CCCC[C@]4(C)C3CC[C@]12C. The Morgan fingerprint density at radius 2 is 1.64 bits per heavy atom. The summed E-state index contributed by atoms with van der Waals surface area (Å²) in [6, 6.07) is 0. The Kier molecular flexibility index (Phi) is 5.41. The molecule has 2 nitrogen and oxygen atoms in total. The van der Waals surface area contributed by atoms with E-state index in [-0.39, 0.29) is 11.6 Å². The lowest BCUT2D eigenvalue weighted by molar-refractivity contribution is -0.155. The number of ether oxygens (including phenoxy) is 1. The second kappa shape index (κ2) is 7.31. The van der Waals surface area contributed by atoms with Crippen molar-refractivity contribution in [1.29, 1.82) is 0 Å². The van der Waals surface area contributed by atoms with Crippen molar-refractivity contribution in [2.24, 2.45) is 40.4 Å².